The highest BCUT2D eigenvalue weighted by Gasteiger charge is 2.26. The number of alkyl halides is 1. The Morgan fingerprint density at radius 2 is 1.72 bits per heavy atom. The third-order valence-electron chi connectivity index (χ3n) is 4.15. The molecule has 0 saturated carbocycles. The van der Waals surface area contributed by atoms with E-state index >= 15 is 0 Å². The summed E-state index contributed by atoms with van der Waals surface area (Å²) >= 11 is 5.94. The molecule has 1 fully saturated rings. The van der Waals surface area contributed by atoms with Crippen molar-refractivity contribution in [1.29, 1.82) is 0 Å². The Morgan fingerprint density at radius 3 is 2.33 bits per heavy atom. The van der Waals surface area contributed by atoms with Gasteiger partial charge in [0.2, 0.25) is 0 Å². The number of nitrogens with zero attached hydrogens (tertiary/aromatic N) is 1. The second kappa shape index (κ2) is 11.4. The van der Waals surface area contributed by atoms with E-state index in [1.807, 2.05) is 0 Å². The minimum Gasteiger partial charge on any atom is -0.299 e. The normalized spacial score (nSPS) is 24.8. The maximum Gasteiger partial charge on any atom is 0.0351 e. The number of hydrogen-bond donors (Lipinski definition) is 0. The SMILES string of the molecule is CCCCC1CCC(CCCC)N(CCCl)C1.Cl. The molecule has 1 aliphatic rings. The van der Waals surface area contributed by atoms with Gasteiger partial charge in [-0.2, -0.15) is 0 Å². The maximum absolute atomic E-state index is 5.94. The quantitative estimate of drug-likeness (QED) is 0.563. The molecule has 0 N–H and O–H groups in total. The molecule has 0 aliphatic carbocycles. The molecular weight excluding hydrogens is 265 g/mol. The Morgan fingerprint density at radius 1 is 1.06 bits per heavy atom. The molecule has 1 saturated heterocycles. The molecule has 0 radical (unpaired) electrons. The van der Waals surface area contributed by atoms with Gasteiger partial charge in [0.05, 0.1) is 0 Å². The Labute approximate surface area is 125 Å². The van der Waals surface area contributed by atoms with Crippen molar-refractivity contribution in [2.45, 2.75) is 71.3 Å². The van der Waals surface area contributed by atoms with Crippen LogP contribution in [0.25, 0.3) is 0 Å². The van der Waals surface area contributed by atoms with Crippen molar-refractivity contribution in [2.24, 2.45) is 5.92 Å². The Kier molecular flexibility index (Phi) is 11.7. The van der Waals surface area contributed by atoms with E-state index in [2.05, 4.69) is 18.7 Å². The molecule has 1 heterocycles. The van der Waals surface area contributed by atoms with Gasteiger partial charge in [-0.05, 0) is 31.6 Å². The first kappa shape index (κ1) is 18.5. The van der Waals surface area contributed by atoms with Crippen molar-refractivity contribution in [3.05, 3.63) is 0 Å². The van der Waals surface area contributed by atoms with Crippen molar-refractivity contribution in [3.8, 4) is 0 Å². The lowest BCUT2D eigenvalue weighted by molar-refractivity contribution is 0.102. The first-order valence-electron chi connectivity index (χ1n) is 7.61. The van der Waals surface area contributed by atoms with Gasteiger partial charge in [-0.1, -0.05) is 39.5 Å². The fourth-order valence-corrected chi connectivity index (χ4v) is 3.28. The van der Waals surface area contributed by atoms with E-state index in [1.54, 1.807) is 0 Å². The molecule has 3 heteroatoms. The highest BCUT2D eigenvalue weighted by atomic mass is 35.5. The van der Waals surface area contributed by atoms with Crippen LogP contribution in [0.1, 0.15) is 65.2 Å². The van der Waals surface area contributed by atoms with E-state index in [-0.39, 0.29) is 12.4 Å². The Hall–Kier alpha value is 0.540. The van der Waals surface area contributed by atoms with E-state index in [1.165, 1.54) is 57.9 Å². The molecule has 110 valence electrons. The summed E-state index contributed by atoms with van der Waals surface area (Å²) < 4.78 is 0. The summed E-state index contributed by atoms with van der Waals surface area (Å²) in [4.78, 5) is 2.67. The van der Waals surface area contributed by atoms with Crippen molar-refractivity contribution in [1.82, 2.24) is 4.90 Å². The molecule has 1 nitrogen and oxygen atoms in total. The zero-order valence-electron chi connectivity index (χ0n) is 12.2. The van der Waals surface area contributed by atoms with E-state index in [0.29, 0.717) is 0 Å². The number of halogens is 2. The predicted octanol–water partition coefficient (Wildman–Crippen LogP) is 5.11. The van der Waals surface area contributed by atoms with Crippen molar-refractivity contribution in [2.75, 3.05) is 19.0 Å². The lowest BCUT2D eigenvalue weighted by Crippen LogP contribution is -2.44. The number of likely N-dealkylation sites (tertiary alicyclic amines) is 1. The molecular formula is C15H31Cl2N. The molecule has 0 aromatic rings. The molecule has 0 amide bonds. The van der Waals surface area contributed by atoms with Crippen LogP contribution in [-0.4, -0.2) is 29.9 Å². The smallest absolute Gasteiger partial charge is 0.0351 e. The van der Waals surface area contributed by atoms with Crippen LogP contribution in [-0.2, 0) is 0 Å². The van der Waals surface area contributed by atoms with Gasteiger partial charge in [-0.25, -0.2) is 0 Å². The third-order valence-corrected chi connectivity index (χ3v) is 4.31. The van der Waals surface area contributed by atoms with Crippen LogP contribution in [0.15, 0.2) is 0 Å². The highest BCUT2D eigenvalue weighted by Crippen LogP contribution is 2.28. The average molecular weight is 296 g/mol. The molecule has 0 aromatic heterocycles. The maximum atomic E-state index is 5.94. The Bertz CT molecular complexity index is 187. The second-order valence-corrected chi connectivity index (χ2v) is 5.94. The molecule has 2 atom stereocenters. The minimum atomic E-state index is 0. The molecule has 2 unspecified atom stereocenters. The van der Waals surface area contributed by atoms with Crippen LogP contribution in [0.4, 0.5) is 0 Å². The largest absolute Gasteiger partial charge is 0.299 e. The van der Waals surface area contributed by atoms with Gasteiger partial charge in [0, 0.05) is 25.0 Å². The zero-order valence-corrected chi connectivity index (χ0v) is 13.7. The predicted molar refractivity (Wildman–Crippen MR) is 85.1 cm³/mol. The van der Waals surface area contributed by atoms with Gasteiger partial charge in [-0.15, -0.1) is 24.0 Å². The van der Waals surface area contributed by atoms with E-state index in [9.17, 15) is 0 Å². The second-order valence-electron chi connectivity index (χ2n) is 5.57. The van der Waals surface area contributed by atoms with Crippen LogP contribution < -0.4 is 0 Å². The fraction of sp³-hybridized carbons (Fsp3) is 1.00. The van der Waals surface area contributed by atoms with Crippen LogP contribution in [0, 0.1) is 5.92 Å². The number of hydrogen-bond acceptors (Lipinski definition) is 1. The van der Waals surface area contributed by atoms with Crippen LogP contribution in [0.3, 0.4) is 0 Å². The first-order valence-corrected chi connectivity index (χ1v) is 8.15. The van der Waals surface area contributed by atoms with Crippen molar-refractivity contribution in [3.63, 3.8) is 0 Å². The third kappa shape index (κ3) is 6.63. The van der Waals surface area contributed by atoms with Crippen molar-refractivity contribution >= 4 is 24.0 Å². The summed E-state index contributed by atoms with van der Waals surface area (Å²) in [6, 6.07) is 0.826. The summed E-state index contributed by atoms with van der Waals surface area (Å²) in [6.45, 7) is 6.99. The minimum absolute atomic E-state index is 0. The van der Waals surface area contributed by atoms with E-state index in [4.69, 9.17) is 11.6 Å². The summed E-state index contributed by atoms with van der Waals surface area (Å²) in [5.74, 6) is 1.74. The standard InChI is InChI=1S/C15H30ClN.ClH/c1-3-5-7-14-9-10-15(8-6-4-2)17(13-14)12-11-16;/h14-15H,3-13H2,1-2H3;1H. The number of unbranched alkanes of at least 4 members (excludes halogenated alkanes) is 2. The number of rotatable bonds is 8. The lowest BCUT2D eigenvalue weighted by Gasteiger charge is -2.39. The summed E-state index contributed by atoms with van der Waals surface area (Å²) in [5.41, 5.74) is 0. The van der Waals surface area contributed by atoms with Gasteiger partial charge in [0.15, 0.2) is 0 Å². The molecule has 1 aliphatic heterocycles. The summed E-state index contributed by atoms with van der Waals surface area (Å²) in [6.07, 6.45) is 11.1. The first-order chi connectivity index (χ1) is 8.31. The average Bonchev–Trinajstić information content (AvgIpc) is 2.35. The molecule has 0 spiro atoms. The van der Waals surface area contributed by atoms with Gasteiger partial charge in [-0.3, -0.25) is 4.90 Å². The van der Waals surface area contributed by atoms with Gasteiger partial charge >= 0.3 is 0 Å². The number of piperidine rings is 1. The zero-order chi connectivity index (χ0) is 12.5. The fourth-order valence-electron chi connectivity index (χ4n) is 3.06. The molecule has 0 aromatic carbocycles. The van der Waals surface area contributed by atoms with Crippen LogP contribution >= 0.6 is 24.0 Å². The monoisotopic (exact) mass is 295 g/mol. The van der Waals surface area contributed by atoms with Crippen LogP contribution in [0.2, 0.25) is 0 Å². The summed E-state index contributed by atoms with van der Waals surface area (Å²) in [7, 11) is 0. The molecule has 18 heavy (non-hydrogen) atoms. The lowest BCUT2D eigenvalue weighted by atomic mass is 9.87. The van der Waals surface area contributed by atoms with E-state index < -0.39 is 0 Å². The van der Waals surface area contributed by atoms with Gasteiger partial charge < -0.3 is 0 Å². The van der Waals surface area contributed by atoms with Crippen molar-refractivity contribution < 1.29 is 0 Å². The van der Waals surface area contributed by atoms with Gasteiger partial charge in [0.25, 0.3) is 0 Å². The highest BCUT2D eigenvalue weighted by molar-refractivity contribution is 6.18. The topological polar surface area (TPSA) is 3.24 Å². The summed E-state index contributed by atoms with van der Waals surface area (Å²) in [5, 5.41) is 0. The Balaban J connectivity index is 0.00000289. The van der Waals surface area contributed by atoms with E-state index in [0.717, 1.165) is 24.4 Å². The molecule has 0 bridgehead atoms. The van der Waals surface area contributed by atoms with Crippen LogP contribution in [0.5, 0.6) is 0 Å². The molecule has 1 rings (SSSR count). The van der Waals surface area contributed by atoms with Gasteiger partial charge in [0.1, 0.15) is 0 Å².